The summed E-state index contributed by atoms with van der Waals surface area (Å²) in [7, 11) is 0. The highest BCUT2D eigenvalue weighted by Gasteiger charge is 2.32. The standard InChI is InChI=1S/C22H26ClFN4O/c1-14-17(13-18-19(23)7-4-8-20(18)24)21(26-15(2)25-14)27-9-11-28(12-10-27)22(29)16-5-3-6-16/h4,7-8,16H,3,5-6,9-13H2,1-2H3. The number of aromatic nitrogens is 2. The number of hydrogen-bond acceptors (Lipinski definition) is 4. The van der Waals surface area contributed by atoms with Crippen molar-refractivity contribution in [2.75, 3.05) is 31.1 Å². The van der Waals surface area contributed by atoms with E-state index in [2.05, 4.69) is 9.88 Å². The van der Waals surface area contributed by atoms with Crippen LogP contribution in [0.15, 0.2) is 18.2 Å². The molecule has 0 radical (unpaired) electrons. The molecule has 2 fully saturated rings. The number of halogens is 2. The molecule has 0 N–H and O–H groups in total. The molecule has 0 bridgehead atoms. The van der Waals surface area contributed by atoms with Crippen molar-refractivity contribution in [1.29, 1.82) is 0 Å². The SMILES string of the molecule is Cc1nc(C)c(Cc2c(F)cccc2Cl)c(N2CCN(C(=O)C3CCC3)CC2)n1. The summed E-state index contributed by atoms with van der Waals surface area (Å²) in [6.07, 6.45) is 3.56. The van der Waals surface area contributed by atoms with Gasteiger partial charge in [-0.3, -0.25) is 4.79 Å². The van der Waals surface area contributed by atoms with Crippen LogP contribution in [0, 0.1) is 25.6 Å². The quantitative estimate of drug-likeness (QED) is 0.757. The van der Waals surface area contributed by atoms with Crippen molar-refractivity contribution >= 4 is 23.3 Å². The molecule has 0 atom stereocenters. The molecule has 0 unspecified atom stereocenters. The number of nitrogens with zero attached hydrogens (tertiary/aromatic N) is 4. The first-order valence-electron chi connectivity index (χ1n) is 10.2. The number of aryl methyl sites for hydroxylation is 2. The molecule has 2 aromatic rings. The lowest BCUT2D eigenvalue weighted by molar-refractivity contribution is -0.138. The Morgan fingerprint density at radius 2 is 1.86 bits per heavy atom. The molecule has 1 amide bonds. The zero-order chi connectivity index (χ0) is 20.5. The summed E-state index contributed by atoms with van der Waals surface area (Å²) in [6, 6.07) is 4.74. The molecule has 7 heteroatoms. The Bertz CT molecular complexity index is 903. The van der Waals surface area contributed by atoms with E-state index in [1.165, 1.54) is 6.07 Å². The highest BCUT2D eigenvalue weighted by molar-refractivity contribution is 6.31. The smallest absolute Gasteiger partial charge is 0.225 e. The summed E-state index contributed by atoms with van der Waals surface area (Å²) in [6.45, 7) is 6.61. The predicted molar refractivity (Wildman–Crippen MR) is 112 cm³/mol. The number of carbonyl (C=O) groups excluding carboxylic acids is 1. The Labute approximate surface area is 175 Å². The van der Waals surface area contributed by atoms with E-state index in [0.717, 1.165) is 36.3 Å². The number of amides is 1. The number of benzene rings is 1. The van der Waals surface area contributed by atoms with E-state index < -0.39 is 0 Å². The summed E-state index contributed by atoms with van der Waals surface area (Å²) < 4.78 is 14.4. The summed E-state index contributed by atoms with van der Waals surface area (Å²) in [4.78, 5) is 25.9. The van der Waals surface area contributed by atoms with E-state index in [0.29, 0.717) is 54.9 Å². The molecule has 1 saturated heterocycles. The van der Waals surface area contributed by atoms with Crippen LogP contribution >= 0.6 is 11.6 Å². The third-order valence-electron chi connectivity index (χ3n) is 6.06. The van der Waals surface area contributed by atoms with Gasteiger partial charge in [-0.2, -0.15) is 0 Å². The van der Waals surface area contributed by atoms with Crippen molar-refractivity contribution in [1.82, 2.24) is 14.9 Å². The zero-order valence-corrected chi connectivity index (χ0v) is 17.7. The maximum atomic E-state index is 14.4. The Kier molecular flexibility index (Phi) is 5.72. The molecule has 1 aromatic heterocycles. The van der Waals surface area contributed by atoms with Gasteiger partial charge in [0, 0.05) is 60.4 Å². The van der Waals surface area contributed by atoms with Gasteiger partial charge in [-0.05, 0) is 38.8 Å². The van der Waals surface area contributed by atoms with Crippen LogP contribution < -0.4 is 4.90 Å². The number of piperazine rings is 1. The molecule has 5 nitrogen and oxygen atoms in total. The first-order valence-corrected chi connectivity index (χ1v) is 10.6. The second-order valence-corrected chi connectivity index (χ2v) is 8.38. The molecule has 29 heavy (non-hydrogen) atoms. The van der Waals surface area contributed by atoms with Gasteiger partial charge in [0.25, 0.3) is 0 Å². The van der Waals surface area contributed by atoms with Gasteiger partial charge in [0.15, 0.2) is 0 Å². The Balaban J connectivity index is 1.57. The molecule has 154 valence electrons. The van der Waals surface area contributed by atoms with Crippen molar-refractivity contribution < 1.29 is 9.18 Å². The van der Waals surface area contributed by atoms with Gasteiger partial charge in [0.1, 0.15) is 17.5 Å². The van der Waals surface area contributed by atoms with Gasteiger partial charge >= 0.3 is 0 Å². The lowest BCUT2D eigenvalue weighted by Crippen LogP contribution is -2.51. The number of rotatable bonds is 4. The van der Waals surface area contributed by atoms with Crippen molar-refractivity contribution in [3.63, 3.8) is 0 Å². The molecule has 0 spiro atoms. The fourth-order valence-electron chi connectivity index (χ4n) is 4.12. The third kappa shape index (κ3) is 4.08. The van der Waals surface area contributed by atoms with Gasteiger partial charge in [-0.25, -0.2) is 14.4 Å². The molecule has 2 aliphatic rings. The zero-order valence-electron chi connectivity index (χ0n) is 16.9. The summed E-state index contributed by atoms with van der Waals surface area (Å²) in [5.74, 6) is 1.71. The number of anilines is 1. The van der Waals surface area contributed by atoms with Gasteiger partial charge in [0.05, 0.1) is 0 Å². The minimum Gasteiger partial charge on any atom is -0.353 e. The van der Waals surface area contributed by atoms with E-state index in [4.69, 9.17) is 16.6 Å². The average molecular weight is 417 g/mol. The van der Waals surface area contributed by atoms with Gasteiger partial charge in [-0.1, -0.05) is 24.1 Å². The first kappa shape index (κ1) is 20.1. The largest absolute Gasteiger partial charge is 0.353 e. The molecular formula is C22H26ClFN4O. The molecule has 2 heterocycles. The Hall–Kier alpha value is -2.21. The van der Waals surface area contributed by atoms with Crippen molar-refractivity contribution in [2.24, 2.45) is 5.92 Å². The maximum absolute atomic E-state index is 14.4. The summed E-state index contributed by atoms with van der Waals surface area (Å²) >= 11 is 6.27. The van der Waals surface area contributed by atoms with Gasteiger partial charge in [0.2, 0.25) is 5.91 Å². The highest BCUT2D eigenvalue weighted by atomic mass is 35.5. The molecule has 1 saturated carbocycles. The van der Waals surface area contributed by atoms with Crippen molar-refractivity contribution in [3.05, 3.63) is 51.7 Å². The van der Waals surface area contributed by atoms with Crippen LogP contribution in [-0.4, -0.2) is 47.0 Å². The van der Waals surface area contributed by atoms with Crippen LogP contribution in [0.5, 0.6) is 0 Å². The summed E-state index contributed by atoms with van der Waals surface area (Å²) in [5, 5.41) is 0.409. The van der Waals surface area contributed by atoms with Crippen LogP contribution in [0.4, 0.5) is 10.2 Å². The van der Waals surface area contributed by atoms with E-state index >= 15 is 0 Å². The van der Waals surface area contributed by atoms with E-state index in [-0.39, 0.29) is 11.7 Å². The summed E-state index contributed by atoms with van der Waals surface area (Å²) in [5.41, 5.74) is 2.19. The van der Waals surface area contributed by atoms with E-state index in [1.807, 2.05) is 18.7 Å². The molecule has 1 aliphatic carbocycles. The predicted octanol–water partition coefficient (Wildman–Crippen LogP) is 3.93. The second kappa shape index (κ2) is 8.27. The minimum absolute atomic E-state index is 0.226. The number of carbonyl (C=O) groups is 1. The van der Waals surface area contributed by atoms with E-state index in [1.54, 1.807) is 12.1 Å². The highest BCUT2D eigenvalue weighted by Crippen LogP contribution is 2.31. The second-order valence-electron chi connectivity index (χ2n) is 7.98. The van der Waals surface area contributed by atoms with E-state index in [9.17, 15) is 9.18 Å². The maximum Gasteiger partial charge on any atom is 0.225 e. The lowest BCUT2D eigenvalue weighted by atomic mass is 9.84. The van der Waals surface area contributed by atoms with Crippen LogP contribution in [0.3, 0.4) is 0 Å². The van der Waals surface area contributed by atoms with Crippen LogP contribution in [0.2, 0.25) is 5.02 Å². The monoisotopic (exact) mass is 416 g/mol. The van der Waals surface area contributed by atoms with Crippen LogP contribution in [-0.2, 0) is 11.2 Å². The average Bonchev–Trinajstić information content (AvgIpc) is 2.64. The molecule has 1 aromatic carbocycles. The molecule has 4 rings (SSSR count). The normalized spacial score (nSPS) is 17.4. The fourth-order valence-corrected chi connectivity index (χ4v) is 4.35. The minimum atomic E-state index is -0.320. The van der Waals surface area contributed by atoms with Crippen LogP contribution in [0.1, 0.15) is 41.9 Å². The number of hydrogen-bond donors (Lipinski definition) is 0. The Morgan fingerprint density at radius 1 is 1.14 bits per heavy atom. The molecule has 1 aliphatic heterocycles. The first-order chi connectivity index (χ1) is 13.9. The van der Waals surface area contributed by atoms with Crippen LogP contribution in [0.25, 0.3) is 0 Å². The lowest BCUT2D eigenvalue weighted by Gasteiger charge is -2.39. The molecular weight excluding hydrogens is 391 g/mol. The van der Waals surface area contributed by atoms with Gasteiger partial charge < -0.3 is 9.80 Å². The Morgan fingerprint density at radius 3 is 2.48 bits per heavy atom. The van der Waals surface area contributed by atoms with Crippen molar-refractivity contribution in [2.45, 2.75) is 39.5 Å². The van der Waals surface area contributed by atoms with Crippen molar-refractivity contribution in [3.8, 4) is 0 Å². The third-order valence-corrected chi connectivity index (χ3v) is 6.42. The fraction of sp³-hybridized carbons (Fsp3) is 0.500. The van der Waals surface area contributed by atoms with Gasteiger partial charge in [-0.15, -0.1) is 0 Å². The topological polar surface area (TPSA) is 49.3 Å².